The van der Waals surface area contributed by atoms with E-state index >= 15 is 0 Å². The van der Waals surface area contributed by atoms with E-state index in [1.54, 1.807) is 46.8 Å². The molecular weight excluding hydrogens is 306 g/mol. The molecule has 0 atom stereocenters. The van der Waals surface area contributed by atoms with Crippen LogP contribution in [0.2, 0.25) is 5.02 Å². The molecule has 0 aliphatic rings. The molecule has 1 rings (SSSR count). The van der Waals surface area contributed by atoms with Gasteiger partial charge in [0.25, 0.3) is 0 Å². The lowest BCUT2D eigenvalue weighted by atomic mass is 9.93. The van der Waals surface area contributed by atoms with E-state index in [0.29, 0.717) is 16.3 Å². The topological polar surface area (TPSA) is 64.6 Å². The number of hydrogen-bond donors (Lipinski definition) is 1. The Labute approximate surface area is 135 Å². The molecule has 0 aliphatic heterocycles. The lowest BCUT2D eigenvalue weighted by Gasteiger charge is -2.27. The van der Waals surface area contributed by atoms with Crippen LogP contribution in [0.1, 0.15) is 45.0 Å². The Morgan fingerprint density at radius 3 is 2.18 bits per heavy atom. The van der Waals surface area contributed by atoms with Crippen LogP contribution < -0.4 is 10.1 Å². The monoisotopic (exact) mass is 327 g/mol. The second-order valence-electron chi connectivity index (χ2n) is 6.43. The number of hydrogen-bond acceptors (Lipinski definition) is 4. The zero-order valence-electron chi connectivity index (χ0n) is 13.7. The lowest BCUT2D eigenvalue weighted by molar-refractivity contribution is 0.0454. The van der Waals surface area contributed by atoms with Crippen LogP contribution in [0.5, 0.6) is 5.75 Å². The molecule has 0 fully saturated rings. The second-order valence-corrected chi connectivity index (χ2v) is 6.84. The number of nitrogens with one attached hydrogen (secondary N) is 1. The van der Waals surface area contributed by atoms with Crippen LogP contribution in [-0.4, -0.2) is 30.1 Å². The summed E-state index contributed by atoms with van der Waals surface area (Å²) < 4.78 is 10.2. The van der Waals surface area contributed by atoms with E-state index in [1.807, 2.05) is 0 Å². The first-order chi connectivity index (χ1) is 9.96. The number of carbonyl (C=O) groups is 2. The largest absolute Gasteiger partial charge is 0.495 e. The molecule has 0 bridgehead atoms. The molecule has 1 aromatic carbocycles. The van der Waals surface area contributed by atoms with E-state index in [9.17, 15) is 9.59 Å². The molecule has 0 aliphatic carbocycles. The molecule has 0 saturated heterocycles. The van der Waals surface area contributed by atoms with Crippen molar-refractivity contribution < 1.29 is 19.1 Å². The number of ketones is 1. The molecule has 1 aromatic rings. The Balaban J connectivity index is 2.90. The third-order valence-corrected chi connectivity index (χ3v) is 3.09. The summed E-state index contributed by atoms with van der Waals surface area (Å²) in [6.45, 7) is 8.48. The molecule has 122 valence electrons. The number of rotatable bonds is 4. The van der Waals surface area contributed by atoms with Crippen molar-refractivity contribution in [2.24, 2.45) is 0 Å². The van der Waals surface area contributed by atoms with E-state index in [-0.39, 0.29) is 5.78 Å². The highest BCUT2D eigenvalue weighted by Gasteiger charge is 2.32. The normalized spacial score (nSPS) is 11.8. The third-order valence-electron chi connectivity index (χ3n) is 2.80. The summed E-state index contributed by atoms with van der Waals surface area (Å²) in [7, 11) is 1.50. The Morgan fingerprint density at radius 2 is 1.73 bits per heavy atom. The summed E-state index contributed by atoms with van der Waals surface area (Å²) >= 11 is 6.03. The molecule has 0 heterocycles. The van der Waals surface area contributed by atoms with E-state index < -0.39 is 17.2 Å². The number of amides is 1. The van der Waals surface area contributed by atoms with Crippen molar-refractivity contribution in [3.63, 3.8) is 0 Å². The van der Waals surface area contributed by atoms with Crippen LogP contribution in [0, 0.1) is 0 Å². The molecule has 0 saturated carbocycles. The highest BCUT2D eigenvalue weighted by molar-refractivity contribution is 6.32. The molecular formula is C16H22ClNO4. The summed E-state index contributed by atoms with van der Waals surface area (Å²) in [5, 5.41) is 2.91. The molecule has 22 heavy (non-hydrogen) atoms. The van der Waals surface area contributed by atoms with Crippen molar-refractivity contribution in [2.75, 3.05) is 7.11 Å². The van der Waals surface area contributed by atoms with Crippen molar-refractivity contribution in [3.05, 3.63) is 28.8 Å². The highest BCUT2D eigenvalue weighted by atomic mass is 35.5. The molecule has 0 unspecified atom stereocenters. The van der Waals surface area contributed by atoms with E-state index in [1.165, 1.54) is 13.2 Å². The standard InChI is InChI=1S/C16H22ClNO4/c1-15(2,3)22-14(20)18-16(4,5)13(19)10-7-8-12(21-6)11(17)9-10/h7-9H,1-6H3,(H,18,20). The van der Waals surface area contributed by atoms with Gasteiger partial charge in [0.15, 0.2) is 5.78 Å². The molecule has 0 radical (unpaired) electrons. The molecule has 0 spiro atoms. The van der Waals surface area contributed by atoms with Crippen LogP contribution in [0.3, 0.4) is 0 Å². The summed E-state index contributed by atoms with van der Waals surface area (Å²) in [6, 6.07) is 4.73. The van der Waals surface area contributed by atoms with Crippen LogP contribution >= 0.6 is 11.6 Å². The van der Waals surface area contributed by atoms with Crippen LogP contribution in [0.4, 0.5) is 4.79 Å². The quantitative estimate of drug-likeness (QED) is 0.853. The number of methoxy groups -OCH3 is 1. The number of halogens is 1. The van der Waals surface area contributed by atoms with Gasteiger partial charge in [-0.05, 0) is 52.8 Å². The van der Waals surface area contributed by atoms with Gasteiger partial charge < -0.3 is 14.8 Å². The van der Waals surface area contributed by atoms with Crippen molar-refractivity contribution in [1.82, 2.24) is 5.32 Å². The average molecular weight is 328 g/mol. The Hall–Kier alpha value is -1.75. The van der Waals surface area contributed by atoms with E-state index in [2.05, 4.69) is 5.32 Å². The van der Waals surface area contributed by atoms with Crippen molar-refractivity contribution >= 4 is 23.5 Å². The molecule has 0 aromatic heterocycles. The van der Waals surface area contributed by atoms with Gasteiger partial charge in [-0.25, -0.2) is 4.79 Å². The maximum atomic E-state index is 12.5. The Morgan fingerprint density at radius 1 is 1.14 bits per heavy atom. The smallest absolute Gasteiger partial charge is 0.408 e. The van der Waals surface area contributed by atoms with Gasteiger partial charge >= 0.3 is 6.09 Å². The van der Waals surface area contributed by atoms with Crippen LogP contribution in [0.15, 0.2) is 18.2 Å². The lowest BCUT2D eigenvalue weighted by Crippen LogP contribution is -2.51. The van der Waals surface area contributed by atoms with Crippen molar-refractivity contribution in [3.8, 4) is 5.75 Å². The van der Waals surface area contributed by atoms with Crippen molar-refractivity contribution in [2.45, 2.75) is 45.8 Å². The Bertz CT molecular complexity index is 576. The zero-order chi connectivity index (χ0) is 17.1. The van der Waals surface area contributed by atoms with Gasteiger partial charge in [-0.1, -0.05) is 11.6 Å². The zero-order valence-corrected chi connectivity index (χ0v) is 14.5. The molecule has 1 N–H and O–H groups in total. The fourth-order valence-corrected chi connectivity index (χ4v) is 2.04. The summed E-state index contributed by atoms with van der Waals surface area (Å²) in [5.41, 5.74) is -1.38. The third kappa shape index (κ3) is 4.91. The van der Waals surface area contributed by atoms with Gasteiger partial charge in [0.05, 0.1) is 12.1 Å². The van der Waals surface area contributed by atoms with Gasteiger partial charge in [-0.2, -0.15) is 0 Å². The highest BCUT2D eigenvalue weighted by Crippen LogP contribution is 2.26. The van der Waals surface area contributed by atoms with Gasteiger partial charge in [0, 0.05) is 5.56 Å². The maximum Gasteiger partial charge on any atom is 0.408 e. The van der Waals surface area contributed by atoms with Gasteiger partial charge in [0.2, 0.25) is 0 Å². The molecule has 6 heteroatoms. The summed E-state index contributed by atoms with van der Waals surface area (Å²) in [4.78, 5) is 24.4. The summed E-state index contributed by atoms with van der Waals surface area (Å²) in [6.07, 6.45) is -0.648. The van der Waals surface area contributed by atoms with Gasteiger partial charge in [-0.3, -0.25) is 4.79 Å². The number of benzene rings is 1. The fraction of sp³-hybridized carbons (Fsp3) is 0.500. The predicted molar refractivity (Wildman–Crippen MR) is 85.8 cm³/mol. The Kier molecular flexibility index (Phi) is 5.46. The van der Waals surface area contributed by atoms with Gasteiger partial charge in [0.1, 0.15) is 16.9 Å². The maximum absolute atomic E-state index is 12.5. The van der Waals surface area contributed by atoms with E-state index in [0.717, 1.165) is 0 Å². The first-order valence-electron chi connectivity index (χ1n) is 6.86. The minimum absolute atomic E-state index is 0.275. The van der Waals surface area contributed by atoms with Crippen molar-refractivity contribution in [1.29, 1.82) is 0 Å². The van der Waals surface area contributed by atoms with Crippen LogP contribution in [-0.2, 0) is 4.74 Å². The minimum atomic E-state index is -1.12. The minimum Gasteiger partial charge on any atom is -0.495 e. The summed E-state index contributed by atoms with van der Waals surface area (Å²) in [5.74, 6) is 0.207. The van der Waals surface area contributed by atoms with Gasteiger partial charge in [-0.15, -0.1) is 0 Å². The first-order valence-corrected chi connectivity index (χ1v) is 7.23. The molecule has 5 nitrogen and oxygen atoms in total. The number of ether oxygens (including phenoxy) is 2. The predicted octanol–water partition coefficient (Wildman–Crippen LogP) is 3.83. The molecule has 1 amide bonds. The second kappa shape index (κ2) is 6.57. The van der Waals surface area contributed by atoms with E-state index in [4.69, 9.17) is 21.1 Å². The number of Topliss-reactive ketones (excluding diaryl/α,β-unsaturated/α-hetero) is 1. The fourth-order valence-electron chi connectivity index (χ4n) is 1.78. The van der Waals surface area contributed by atoms with Crippen LogP contribution in [0.25, 0.3) is 0 Å². The SMILES string of the molecule is COc1ccc(C(=O)C(C)(C)NC(=O)OC(C)(C)C)cc1Cl. The number of carbonyl (C=O) groups excluding carboxylic acids is 2. The average Bonchev–Trinajstić information content (AvgIpc) is 2.34. The first kappa shape index (κ1) is 18.3. The number of alkyl carbamates (subject to hydrolysis) is 1.